The number of benzene rings is 2. The molecular weight excluding hydrogens is 612 g/mol. The zero-order valence-electron chi connectivity index (χ0n) is 23.3. The molecule has 0 N–H and O–H groups in total. The number of nitrogens with zero attached hydrogens (tertiary/aromatic N) is 2. The zero-order valence-corrected chi connectivity index (χ0v) is 25.7. The Hall–Kier alpha value is -3.70. The third kappa shape index (κ3) is 6.62. The van der Waals surface area contributed by atoms with E-state index in [2.05, 4.69) is 15.9 Å². The SMILES string of the molecule is CCCC1=C(C(=O)OCC)[C@H](c2cc(Br)ccc2OC)n2c(s/c(=C/c3ccccc3OCC(=O)OCC)c2=O)=N1. The van der Waals surface area contributed by atoms with Crippen LogP contribution in [-0.2, 0) is 19.1 Å². The van der Waals surface area contributed by atoms with Crippen molar-refractivity contribution in [1.82, 2.24) is 4.57 Å². The molecule has 0 unspecified atom stereocenters. The monoisotopic (exact) mass is 642 g/mol. The maximum atomic E-state index is 14.1. The highest BCUT2D eigenvalue weighted by molar-refractivity contribution is 9.10. The van der Waals surface area contributed by atoms with Crippen LogP contribution in [-0.4, -0.2) is 43.4 Å². The molecule has 0 saturated heterocycles. The van der Waals surface area contributed by atoms with Gasteiger partial charge < -0.3 is 18.9 Å². The number of hydrogen-bond acceptors (Lipinski definition) is 9. The van der Waals surface area contributed by atoms with Crippen LogP contribution in [0.5, 0.6) is 11.5 Å². The lowest BCUT2D eigenvalue weighted by Crippen LogP contribution is -2.40. The molecule has 9 nitrogen and oxygen atoms in total. The second kappa shape index (κ2) is 13.8. The molecule has 216 valence electrons. The van der Waals surface area contributed by atoms with Crippen molar-refractivity contribution in [3.63, 3.8) is 0 Å². The molecule has 3 aromatic rings. The van der Waals surface area contributed by atoms with E-state index in [4.69, 9.17) is 23.9 Å². The summed E-state index contributed by atoms with van der Waals surface area (Å²) >= 11 is 4.74. The molecule has 0 aliphatic carbocycles. The Labute approximate surface area is 249 Å². The number of fused-ring (bicyclic) bond motifs is 1. The van der Waals surface area contributed by atoms with Crippen LogP contribution >= 0.6 is 27.3 Å². The molecule has 0 spiro atoms. The number of aromatic nitrogens is 1. The predicted octanol–water partition coefficient (Wildman–Crippen LogP) is 4.29. The summed E-state index contributed by atoms with van der Waals surface area (Å²) in [5.74, 6) is -0.0705. The summed E-state index contributed by atoms with van der Waals surface area (Å²) in [4.78, 5) is 44.6. The third-order valence-corrected chi connectivity index (χ3v) is 7.71. The summed E-state index contributed by atoms with van der Waals surface area (Å²) in [7, 11) is 1.55. The van der Waals surface area contributed by atoms with Crippen LogP contribution in [0.1, 0.15) is 50.8 Å². The Balaban J connectivity index is 1.94. The van der Waals surface area contributed by atoms with Gasteiger partial charge in [0.15, 0.2) is 11.4 Å². The van der Waals surface area contributed by atoms with Crippen LogP contribution in [0.25, 0.3) is 6.08 Å². The highest BCUT2D eigenvalue weighted by Crippen LogP contribution is 2.38. The summed E-state index contributed by atoms with van der Waals surface area (Å²) in [6, 6.07) is 11.7. The summed E-state index contributed by atoms with van der Waals surface area (Å²) in [5, 5.41) is 0. The van der Waals surface area contributed by atoms with Crippen LogP contribution in [0, 0.1) is 0 Å². The van der Waals surface area contributed by atoms with Gasteiger partial charge in [0.1, 0.15) is 17.5 Å². The van der Waals surface area contributed by atoms with Gasteiger partial charge in [-0.2, -0.15) is 0 Å². The predicted molar refractivity (Wildman–Crippen MR) is 159 cm³/mol. The first-order valence-corrected chi connectivity index (χ1v) is 14.9. The maximum Gasteiger partial charge on any atom is 0.344 e. The highest BCUT2D eigenvalue weighted by Gasteiger charge is 2.36. The van der Waals surface area contributed by atoms with Crippen molar-refractivity contribution in [3.8, 4) is 11.5 Å². The first-order chi connectivity index (χ1) is 19.8. The minimum atomic E-state index is -0.822. The quantitative estimate of drug-likeness (QED) is 0.287. The third-order valence-electron chi connectivity index (χ3n) is 6.23. The summed E-state index contributed by atoms with van der Waals surface area (Å²) in [5.41, 5.74) is 1.78. The second-order valence-electron chi connectivity index (χ2n) is 8.93. The van der Waals surface area contributed by atoms with E-state index in [0.29, 0.717) is 49.7 Å². The van der Waals surface area contributed by atoms with Gasteiger partial charge in [0.05, 0.1) is 36.1 Å². The zero-order chi connectivity index (χ0) is 29.5. The summed E-state index contributed by atoms with van der Waals surface area (Å²) < 4.78 is 24.5. The minimum Gasteiger partial charge on any atom is -0.496 e. The minimum absolute atomic E-state index is 0.178. The van der Waals surface area contributed by atoms with E-state index in [9.17, 15) is 14.4 Å². The number of esters is 2. The number of halogens is 1. The second-order valence-corrected chi connectivity index (χ2v) is 10.9. The standard InChI is InChI=1S/C30H31BrN2O7S/c1-5-10-21-26(29(36)39-7-3)27(20-16-19(31)13-14-23(20)37-4)33-28(35)24(41-30(33)32-21)15-18-11-8-9-12-22(18)40-17-25(34)38-6-2/h8-9,11-16,27H,5-7,10,17H2,1-4H3/b24-15+/t27-/m0/s1. The fourth-order valence-corrected chi connectivity index (χ4v) is 5.94. The van der Waals surface area contributed by atoms with Gasteiger partial charge in [0.25, 0.3) is 5.56 Å². The fourth-order valence-electron chi connectivity index (χ4n) is 4.55. The molecule has 0 saturated carbocycles. The number of ether oxygens (including phenoxy) is 4. The van der Waals surface area contributed by atoms with Crippen molar-refractivity contribution in [3.05, 3.63) is 89.0 Å². The Kier molecular flexibility index (Phi) is 10.2. The molecule has 41 heavy (non-hydrogen) atoms. The van der Waals surface area contributed by atoms with Gasteiger partial charge in [0.2, 0.25) is 0 Å². The van der Waals surface area contributed by atoms with E-state index >= 15 is 0 Å². The Morgan fingerprint density at radius 2 is 1.83 bits per heavy atom. The van der Waals surface area contributed by atoms with Gasteiger partial charge in [-0.25, -0.2) is 14.6 Å². The fraction of sp³-hybridized carbons (Fsp3) is 0.333. The van der Waals surface area contributed by atoms with Crippen molar-refractivity contribution in [2.45, 2.75) is 39.7 Å². The number of hydrogen-bond donors (Lipinski definition) is 0. The molecule has 1 aliphatic heterocycles. The normalized spacial score (nSPS) is 14.8. The van der Waals surface area contributed by atoms with Gasteiger partial charge in [-0.05, 0) is 50.6 Å². The molecule has 0 fully saturated rings. The molecular formula is C30H31BrN2O7S. The number of carbonyl (C=O) groups excluding carboxylic acids is 2. The number of rotatable bonds is 11. The number of para-hydroxylation sites is 1. The maximum absolute atomic E-state index is 14.1. The lowest BCUT2D eigenvalue weighted by molar-refractivity contribution is -0.145. The average molecular weight is 644 g/mol. The molecule has 0 bridgehead atoms. The van der Waals surface area contributed by atoms with E-state index in [1.165, 1.54) is 15.9 Å². The van der Waals surface area contributed by atoms with E-state index in [-0.39, 0.29) is 25.4 Å². The molecule has 2 heterocycles. The van der Waals surface area contributed by atoms with Gasteiger partial charge in [-0.1, -0.05) is 58.8 Å². The van der Waals surface area contributed by atoms with Crippen LogP contribution < -0.4 is 24.4 Å². The summed E-state index contributed by atoms with van der Waals surface area (Å²) in [6.45, 7) is 5.64. The van der Waals surface area contributed by atoms with Crippen molar-refractivity contribution in [2.24, 2.45) is 4.99 Å². The molecule has 1 aromatic heterocycles. The Morgan fingerprint density at radius 1 is 1.07 bits per heavy atom. The number of methoxy groups -OCH3 is 1. The number of allylic oxidation sites excluding steroid dienone is 1. The van der Waals surface area contributed by atoms with Gasteiger partial charge in [-0.3, -0.25) is 9.36 Å². The molecule has 1 atom stereocenters. The number of carbonyl (C=O) groups is 2. The highest BCUT2D eigenvalue weighted by atomic mass is 79.9. The van der Waals surface area contributed by atoms with E-state index in [0.717, 1.165) is 10.9 Å². The molecule has 4 rings (SSSR count). The van der Waals surface area contributed by atoms with E-state index in [1.54, 1.807) is 51.3 Å². The molecule has 0 radical (unpaired) electrons. The van der Waals surface area contributed by atoms with Crippen molar-refractivity contribution in [1.29, 1.82) is 0 Å². The van der Waals surface area contributed by atoms with E-state index in [1.807, 2.05) is 25.1 Å². The molecule has 2 aromatic carbocycles. The first kappa shape index (κ1) is 30.3. The number of thiazole rings is 1. The smallest absolute Gasteiger partial charge is 0.344 e. The largest absolute Gasteiger partial charge is 0.496 e. The summed E-state index contributed by atoms with van der Waals surface area (Å²) in [6.07, 6.45) is 2.97. The first-order valence-electron chi connectivity index (χ1n) is 13.3. The Morgan fingerprint density at radius 3 is 2.54 bits per heavy atom. The Bertz CT molecular complexity index is 1660. The molecule has 11 heteroatoms. The van der Waals surface area contributed by atoms with Crippen LogP contribution in [0.3, 0.4) is 0 Å². The average Bonchev–Trinajstić information content (AvgIpc) is 3.26. The van der Waals surface area contributed by atoms with Gasteiger partial charge >= 0.3 is 11.9 Å². The lowest BCUT2D eigenvalue weighted by Gasteiger charge is -2.27. The van der Waals surface area contributed by atoms with Crippen LogP contribution in [0.2, 0.25) is 0 Å². The molecule has 1 aliphatic rings. The van der Waals surface area contributed by atoms with Gasteiger partial charge in [-0.15, -0.1) is 0 Å². The topological polar surface area (TPSA) is 105 Å². The van der Waals surface area contributed by atoms with Crippen molar-refractivity contribution < 1.29 is 28.5 Å². The van der Waals surface area contributed by atoms with Crippen LogP contribution in [0.4, 0.5) is 0 Å². The van der Waals surface area contributed by atoms with Gasteiger partial charge in [0, 0.05) is 15.6 Å². The lowest BCUT2D eigenvalue weighted by atomic mass is 9.93. The molecule has 0 amide bonds. The van der Waals surface area contributed by atoms with Crippen LogP contribution in [0.15, 0.2) is 68.0 Å². The van der Waals surface area contributed by atoms with Crippen molar-refractivity contribution >= 4 is 45.3 Å². The van der Waals surface area contributed by atoms with E-state index < -0.39 is 18.0 Å². The van der Waals surface area contributed by atoms with Crippen molar-refractivity contribution in [2.75, 3.05) is 26.9 Å².